The van der Waals surface area contributed by atoms with Crippen molar-refractivity contribution in [3.05, 3.63) is 55.1 Å². The molecule has 2 nitrogen and oxygen atoms in total. The van der Waals surface area contributed by atoms with Crippen LogP contribution >= 0.6 is 0 Å². The van der Waals surface area contributed by atoms with Crippen LogP contribution in [0.1, 0.15) is 5.56 Å². The van der Waals surface area contributed by atoms with E-state index < -0.39 is 5.97 Å². The van der Waals surface area contributed by atoms with Gasteiger partial charge in [-0.15, -0.1) is 0 Å². The van der Waals surface area contributed by atoms with Crippen LogP contribution in [0.2, 0.25) is 0 Å². The molecule has 0 bridgehead atoms. The summed E-state index contributed by atoms with van der Waals surface area (Å²) >= 11 is 0. The Morgan fingerprint density at radius 3 is 2.07 bits per heavy atom. The van der Waals surface area contributed by atoms with E-state index in [-0.39, 0.29) is 0 Å². The van der Waals surface area contributed by atoms with Crippen molar-refractivity contribution >= 4 is 12.0 Å². The lowest BCUT2D eigenvalue weighted by atomic mass is 10.2. The molecule has 0 amide bonds. The summed E-state index contributed by atoms with van der Waals surface area (Å²) in [7, 11) is 1.31. The summed E-state index contributed by atoms with van der Waals surface area (Å²) in [5, 5.41) is 0. The molecule has 0 aliphatic heterocycles. The van der Waals surface area contributed by atoms with E-state index in [1.807, 2.05) is 36.4 Å². The van der Waals surface area contributed by atoms with Crippen LogP contribution in [0.3, 0.4) is 0 Å². The van der Waals surface area contributed by atoms with Gasteiger partial charge in [0.1, 0.15) is 0 Å². The first kappa shape index (κ1) is 12.2. The van der Waals surface area contributed by atoms with E-state index in [4.69, 9.17) is 0 Å². The highest BCUT2D eigenvalue weighted by Crippen LogP contribution is 1.97. The molecule has 1 rings (SSSR count). The van der Waals surface area contributed by atoms with Crippen molar-refractivity contribution in [2.24, 2.45) is 0 Å². The summed E-state index contributed by atoms with van der Waals surface area (Å²) in [6.45, 7) is 6.79. The molecule has 0 fully saturated rings. The Morgan fingerprint density at radius 1 is 1.29 bits per heavy atom. The average Bonchev–Trinajstić information content (AvgIpc) is 2.30. The maximum atomic E-state index is 9.84. The minimum atomic E-state index is -0.394. The lowest BCUT2D eigenvalue weighted by Gasteiger charge is -1.85. The van der Waals surface area contributed by atoms with E-state index >= 15 is 0 Å². The van der Waals surface area contributed by atoms with Crippen LogP contribution in [0, 0.1) is 0 Å². The number of methoxy groups -OCH3 is 1. The fraction of sp³-hybridized carbons (Fsp3) is 0.0833. The first-order valence-electron chi connectivity index (χ1n) is 4.12. The van der Waals surface area contributed by atoms with Gasteiger partial charge in [-0.05, 0) is 5.56 Å². The molecule has 74 valence electrons. The second-order valence-electron chi connectivity index (χ2n) is 2.34. The zero-order chi connectivity index (χ0) is 10.8. The van der Waals surface area contributed by atoms with Gasteiger partial charge in [0.05, 0.1) is 7.11 Å². The number of esters is 1. The molecule has 0 atom stereocenters. The lowest BCUT2D eigenvalue weighted by molar-refractivity contribution is -0.134. The molecule has 0 aliphatic rings. The highest BCUT2D eigenvalue weighted by molar-refractivity contribution is 5.80. The van der Waals surface area contributed by atoms with Gasteiger partial charge in [0.15, 0.2) is 0 Å². The van der Waals surface area contributed by atoms with Gasteiger partial charge >= 0.3 is 5.97 Å². The molecule has 1 aromatic carbocycles. The van der Waals surface area contributed by atoms with Crippen molar-refractivity contribution in [3.63, 3.8) is 0 Å². The highest BCUT2D eigenvalue weighted by atomic mass is 16.5. The van der Waals surface area contributed by atoms with Crippen LogP contribution in [-0.2, 0) is 9.53 Å². The van der Waals surface area contributed by atoms with Crippen LogP contribution in [0.5, 0.6) is 0 Å². The summed E-state index contributed by atoms with van der Waals surface area (Å²) in [6.07, 6.45) is 2.94. The zero-order valence-corrected chi connectivity index (χ0v) is 8.27. The maximum Gasteiger partial charge on any atom is 0.329 e. The fourth-order valence-corrected chi connectivity index (χ4v) is 0.672. The molecule has 0 aromatic heterocycles. The van der Waals surface area contributed by atoms with Gasteiger partial charge in [-0.2, -0.15) is 0 Å². The summed E-state index contributed by atoms with van der Waals surface area (Å²) in [4.78, 5) is 9.84. The van der Waals surface area contributed by atoms with E-state index in [9.17, 15) is 4.79 Å². The predicted octanol–water partition coefficient (Wildman–Crippen LogP) is 2.68. The zero-order valence-electron chi connectivity index (χ0n) is 8.27. The molecule has 0 saturated carbocycles. The molecule has 14 heavy (non-hydrogen) atoms. The summed E-state index contributed by atoms with van der Waals surface area (Å²) in [5.41, 5.74) is 1.17. The molecule has 0 heterocycles. The largest absolute Gasteiger partial charge is 0.466 e. The second-order valence-corrected chi connectivity index (χ2v) is 2.34. The Labute approximate surface area is 84.5 Å². The van der Waals surface area contributed by atoms with E-state index in [1.54, 1.807) is 0 Å². The van der Waals surface area contributed by atoms with Crippen molar-refractivity contribution in [2.75, 3.05) is 7.11 Å². The second kappa shape index (κ2) is 7.80. The van der Waals surface area contributed by atoms with Crippen LogP contribution in [0.15, 0.2) is 49.6 Å². The molecular weight excluding hydrogens is 176 g/mol. The van der Waals surface area contributed by atoms with Crippen LogP contribution in [0.4, 0.5) is 0 Å². The van der Waals surface area contributed by atoms with Crippen LogP contribution < -0.4 is 0 Å². The number of carbonyl (C=O) groups is 1. The fourth-order valence-electron chi connectivity index (χ4n) is 0.672. The standard InChI is InChI=1S/C8H8.C4H6O2/c1-2-8-6-4-3-5-7-8;1-3-4(5)6-2/h2-7H,1H2;3H,1H2,2H3. The molecule has 0 aliphatic carbocycles. The molecule has 0 N–H and O–H groups in total. The monoisotopic (exact) mass is 190 g/mol. The minimum Gasteiger partial charge on any atom is -0.466 e. The average molecular weight is 190 g/mol. The first-order valence-corrected chi connectivity index (χ1v) is 4.12. The Hall–Kier alpha value is -1.83. The summed E-state index contributed by atoms with van der Waals surface area (Å²) < 4.78 is 4.14. The molecular formula is C12H14O2. The van der Waals surface area contributed by atoms with Crippen molar-refractivity contribution < 1.29 is 9.53 Å². The molecule has 0 radical (unpaired) electrons. The summed E-state index contributed by atoms with van der Waals surface area (Å²) in [6, 6.07) is 10.0. The van der Waals surface area contributed by atoms with Gasteiger partial charge in [-0.3, -0.25) is 0 Å². The third-order valence-corrected chi connectivity index (χ3v) is 1.40. The highest BCUT2D eigenvalue weighted by Gasteiger charge is 1.81. The Kier molecular flexibility index (Phi) is 6.78. The van der Waals surface area contributed by atoms with Gasteiger partial charge in [-0.1, -0.05) is 49.6 Å². The van der Waals surface area contributed by atoms with Crippen LogP contribution in [0.25, 0.3) is 6.08 Å². The lowest BCUT2D eigenvalue weighted by Crippen LogP contribution is -1.91. The van der Waals surface area contributed by atoms with Gasteiger partial charge in [0.2, 0.25) is 0 Å². The number of hydrogen-bond acceptors (Lipinski definition) is 2. The molecule has 2 heteroatoms. The Balaban J connectivity index is 0.000000255. The number of rotatable bonds is 2. The van der Waals surface area contributed by atoms with Crippen molar-refractivity contribution in [1.82, 2.24) is 0 Å². The predicted molar refractivity (Wildman–Crippen MR) is 58.7 cm³/mol. The topological polar surface area (TPSA) is 26.3 Å². The number of hydrogen-bond donors (Lipinski definition) is 0. The van der Waals surface area contributed by atoms with E-state index in [2.05, 4.69) is 17.9 Å². The van der Waals surface area contributed by atoms with Crippen LogP contribution in [-0.4, -0.2) is 13.1 Å². The van der Waals surface area contributed by atoms with Gasteiger partial charge in [-0.25, -0.2) is 4.79 Å². The van der Waals surface area contributed by atoms with Crippen molar-refractivity contribution in [2.45, 2.75) is 0 Å². The first-order chi connectivity index (χ1) is 6.74. The van der Waals surface area contributed by atoms with Gasteiger partial charge in [0.25, 0.3) is 0 Å². The van der Waals surface area contributed by atoms with Crippen molar-refractivity contribution in [3.8, 4) is 0 Å². The molecule has 1 aromatic rings. The third-order valence-electron chi connectivity index (χ3n) is 1.40. The van der Waals surface area contributed by atoms with Gasteiger partial charge < -0.3 is 4.74 Å². The quantitative estimate of drug-likeness (QED) is 0.529. The Bertz CT molecular complexity index is 288. The SMILES string of the molecule is C=CC(=O)OC.C=Cc1ccccc1. The number of ether oxygens (including phenoxy) is 1. The third kappa shape index (κ3) is 5.77. The van der Waals surface area contributed by atoms with Crippen molar-refractivity contribution in [1.29, 1.82) is 0 Å². The maximum absolute atomic E-state index is 9.84. The van der Waals surface area contributed by atoms with E-state index in [0.717, 1.165) is 6.08 Å². The number of benzene rings is 1. The summed E-state index contributed by atoms with van der Waals surface area (Å²) in [5.74, 6) is -0.394. The normalized spacial score (nSPS) is 7.79. The molecule has 0 spiro atoms. The smallest absolute Gasteiger partial charge is 0.329 e. The Morgan fingerprint density at radius 2 is 1.86 bits per heavy atom. The minimum absolute atomic E-state index is 0.394. The van der Waals surface area contributed by atoms with E-state index in [1.165, 1.54) is 12.7 Å². The molecule has 0 saturated heterocycles. The number of carbonyl (C=O) groups excluding carboxylic acids is 1. The van der Waals surface area contributed by atoms with E-state index in [0.29, 0.717) is 0 Å². The molecule has 0 unspecified atom stereocenters. The van der Waals surface area contributed by atoms with Gasteiger partial charge in [0, 0.05) is 6.08 Å².